The summed E-state index contributed by atoms with van der Waals surface area (Å²) in [5, 5.41) is 5.72. The van der Waals surface area contributed by atoms with Gasteiger partial charge in [0.2, 0.25) is 0 Å². The first-order valence-corrected chi connectivity index (χ1v) is 13.8. The molecule has 9 heteroatoms. The molecule has 0 unspecified atom stereocenters. The summed E-state index contributed by atoms with van der Waals surface area (Å²) >= 11 is 0. The Balaban J connectivity index is 1.43. The van der Waals surface area contributed by atoms with Crippen molar-refractivity contribution in [2.75, 3.05) is 19.6 Å². The van der Waals surface area contributed by atoms with Crippen LogP contribution in [0.25, 0.3) is 0 Å². The van der Waals surface area contributed by atoms with Crippen molar-refractivity contribution in [2.45, 2.75) is 50.9 Å². The second-order valence-electron chi connectivity index (χ2n) is 10.3. The largest absolute Gasteiger partial charge is 0.416 e. The van der Waals surface area contributed by atoms with Crippen molar-refractivity contribution < 1.29 is 27.6 Å². The average molecular weight is 566 g/mol. The highest BCUT2D eigenvalue weighted by Crippen LogP contribution is 2.29. The molecule has 41 heavy (non-hydrogen) atoms. The van der Waals surface area contributed by atoms with Gasteiger partial charge in [0.15, 0.2) is 5.78 Å². The molecule has 0 spiro atoms. The summed E-state index contributed by atoms with van der Waals surface area (Å²) in [7, 11) is 0. The topological polar surface area (TPSA) is 78.5 Å². The highest BCUT2D eigenvalue weighted by Gasteiger charge is 2.30. The smallest absolute Gasteiger partial charge is 0.342 e. The second-order valence-corrected chi connectivity index (χ2v) is 10.3. The minimum Gasteiger partial charge on any atom is -0.342 e. The molecule has 2 N–H and O–H groups in total. The Bertz CT molecular complexity index is 1340. The third-order valence-electron chi connectivity index (χ3n) is 7.12. The van der Waals surface area contributed by atoms with E-state index in [1.165, 1.54) is 6.07 Å². The van der Waals surface area contributed by atoms with E-state index < -0.39 is 23.7 Å². The number of carbonyl (C=O) groups excluding carboxylic acids is 3. The molecule has 1 saturated heterocycles. The predicted octanol–water partition coefficient (Wildman–Crippen LogP) is 5.42. The number of amides is 2. The van der Waals surface area contributed by atoms with Crippen LogP contribution in [0.2, 0.25) is 0 Å². The molecule has 6 nitrogen and oxygen atoms in total. The molecular weight excluding hydrogens is 531 g/mol. The standard InChI is InChI=1S/C32H34F3N3O3/c33-32(34,35)27-15-8-12-24(18-27)21-36-22-29(39)28(19-23-10-4-3-5-11-23)37-30(40)25-13-9-14-26(20-25)31(41)38-16-6-1-2-7-17-38/h3-5,8-15,18,20,28,36H,1-2,6-7,16-17,19,21-22H2,(H,37,40)/t28-/m0/s1. The number of nitrogens with one attached hydrogen (secondary N) is 2. The first-order valence-electron chi connectivity index (χ1n) is 13.8. The first-order chi connectivity index (χ1) is 19.7. The van der Waals surface area contributed by atoms with Crippen LogP contribution in [0.5, 0.6) is 0 Å². The van der Waals surface area contributed by atoms with E-state index in [1.54, 1.807) is 30.3 Å². The van der Waals surface area contributed by atoms with Crippen LogP contribution in [0.15, 0.2) is 78.9 Å². The van der Waals surface area contributed by atoms with Crippen molar-refractivity contribution in [1.29, 1.82) is 0 Å². The number of alkyl halides is 3. The normalized spacial score (nSPS) is 14.7. The summed E-state index contributed by atoms with van der Waals surface area (Å²) in [6.45, 7) is 1.29. The van der Waals surface area contributed by atoms with Crippen LogP contribution in [0.1, 0.15) is 63.1 Å². The molecule has 1 fully saturated rings. The number of benzene rings is 3. The second kappa shape index (κ2) is 14.1. The lowest BCUT2D eigenvalue weighted by Gasteiger charge is -2.21. The van der Waals surface area contributed by atoms with Crippen molar-refractivity contribution in [3.05, 3.63) is 107 Å². The Kier molecular flexibility index (Phi) is 10.3. The minimum absolute atomic E-state index is 0.0579. The zero-order valence-corrected chi connectivity index (χ0v) is 22.8. The van der Waals surface area contributed by atoms with Crippen LogP contribution in [-0.2, 0) is 23.9 Å². The average Bonchev–Trinajstić information content (AvgIpc) is 3.26. The molecule has 1 atom stereocenters. The number of nitrogens with zero attached hydrogens (tertiary/aromatic N) is 1. The molecule has 0 aromatic heterocycles. The van der Waals surface area contributed by atoms with Crippen molar-refractivity contribution in [2.24, 2.45) is 0 Å². The highest BCUT2D eigenvalue weighted by atomic mass is 19.4. The number of hydrogen-bond donors (Lipinski definition) is 2. The van der Waals surface area contributed by atoms with Crippen molar-refractivity contribution in [3.63, 3.8) is 0 Å². The molecule has 0 aliphatic carbocycles. The minimum atomic E-state index is -4.45. The molecular formula is C32H34F3N3O3. The fourth-order valence-electron chi connectivity index (χ4n) is 4.90. The van der Waals surface area contributed by atoms with Crippen LogP contribution in [0, 0.1) is 0 Å². The van der Waals surface area contributed by atoms with Gasteiger partial charge >= 0.3 is 6.18 Å². The third kappa shape index (κ3) is 8.75. The summed E-state index contributed by atoms with van der Waals surface area (Å²) in [6.07, 6.45) is -0.112. The zero-order valence-electron chi connectivity index (χ0n) is 22.8. The number of rotatable bonds is 10. The van der Waals surface area contributed by atoms with E-state index in [4.69, 9.17) is 0 Å². The van der Waals surface area contributed by atoms with Gasteiger partial charge in [-0.15, -0.1) is 0 Å². The number of hydrogen-bond acceptors (Lipinski definition) is 4. The Morgan fingerprint density at radius 2 is 1.44 bits per heavy atom. The van der Waals surface area contributed by atoms with Gasteiger partial charge in [0, 0.05) is 30.8 Å². The van der Waals surface area contributed by atoms with Gasteiger partial charge in [-0.2, -0.15) is 13.2 Å². The Morgan fingerprint density at radius 1 is 0.780 bits per heavy atom. The van der Waals surface area contributed by atoms with Gasteiger partial charge in [0.25, 0.3) is 11.8 Å². The summed E-state index contributed by atoms with van der Waals surface area (Å²) < 4.78 is 39.1. The summed E-state index contributed by atoms with van der Waals surface area (Å²) in [4.78, 5) is 41.4. The van der Waals surface area contributed by atoms with Gasteiger partial charge in [-0.3, -0.25) is 14.4 Å². The molecule has 3 aromatic carbocycles. The van der Waals surface area contributed by atoms with Crippen molar-refractivity contribution in [3.8, 4) is 0 Å². The summed E-state index contributed by atoms with van der Waals surface area (Å²) in [5.74, 6) is -0.911. The number of ketones is 1. The molecule has 0 radical (unpaired) electrons. The fraction of sp³-hybridized carbons (Fsp3) is 0.344. The van der Waals surface area contributed by atoms with Gasteiger partial charge in [-0.25, -0.2) is 0 Å². The van der Waals surface area contributed by atoms with Crippen LogP contribution in [0.3, 0.4) is 0 Å². The monoisotopic (exact) mass is 565 g/mol. The van der Waals surface area contributed by atoms with E-state index in [2.05, 4.69) is 10.6 Å². The molecule has 2 amide bonds. The van der Waals surface area contributed by atoms with Crippen molar-refractivity contribution in [1.82, 2.24) is 15.5 Å². The van der Waals surface area contributed by atoms with Crippen LogP contribution >= 0.6 is 0 Å². The van der Waals surface area contributed by atoms with E-state index >= 15 is 0 Å². The Hall–Kier alpha value is -3.98. The Labute approximate surface area is 237 Å². The van der Waals surface area contributed by atoms with E-state index in [0.29, 0.717) is 24.2 Å². The number of halogens is 3. The Morgan fingerprint density at radius 3 is 2.15 bits per heavy atom. The third-order valence-corrected chi connectivity index (χ3v) is 7.12. The quantitative estimate of drug-likeness (QED) is 0.344. The van der Waals surface area contributed by atoms with Gasteiger partial charge in [0.05, 0.1) is 18.2 Å². The van der Waals surface area contributed by atoms with Crippen LogP contribution < -0.4 is 10.6 Å². The molecule has 216 valence electrons. The summed E-state index contributed by atoms with van der Waals surface area (Å²) in [6, 6.07) is 19.8. The van der Waals surface area contributed by atoms with Gasteiger partial charge in [0.1, 0.15) is 0 Å². The number of carbonyl (C=O) groups is 3. The maximum Gasteiger partial charge on any atom is 0.416 e. The molecule has 1 heterocycles. The van der Waals surface area contributed by atoms with Crippen LogP contribution in [0.4, 0.5) is 13.2 Å². The highest BCUT2D eigenvalue weighted by molar-refractivity contribution is 6.01. The molecule has 1 aliphatic rings. The lowest BCUT2D eigenvalue weighted by molar-refractivity contribution is -0.137. The zero-order chi connectivity index (χ0) is 29.2. The van der Waals surface area contributed by atoms with Gasteiger partial charge in [-0.1, -0.05) is 67.4 Å². The van der Waals surface area contributed by atoms with E-state index in [-0.39, 0.29) is 36.8 Å². The number of likely N-dealkylation sites (tertiary alicyclic amines) is 1. The van der Waals surface area contributed by atoms with Crippen LogP contribution in [-0.4, -0.2) is 48.2 Å². The summed E-state index contributed by atoms with van der Waals surface area (Å²) in [5.41, 5.74) is 1.17. The molecule has 4 rings (SSSR count). The van der Waals surface area contributed by atoms with Gasteiger partial charge < -0.3 is 15.5 Å². The fourth-order valence-corrected chi connectivity index (χ4v) is 4.90. The van der Waals surface area contributed by atoms with E-state index in [1.807, 2.05) is 35.2 Å². The molecule has 0 bridgehead atoms. The lowest BCUT2D eigenvalue weighted by Crippen LogP contribution is -2.45. The maximum atomic E-state index is 13.3. The maximum absolute atomic E-state index is 13.3. The predicted molar refractivity (Wildman–Crippen MR) is 150 cm³/mol. The van der Waals surface area contributed by atoms with E-state index in [0.717, 1.165) is 43.4 Å². The number of Topliss-reactive ketones (excluding diaryl/α,β-unsaturated/α-hetero) is 1. The SMILES string of the molecule is O=C(N[C@@H](Cc1ccccc1)C(=O)CNCc1cccc(C(F)(F)F)c1)c1cccc(C(=O)N2CCCCCC2)c1. The first kappa shape index (κ1) is 30.0. The molecule has 3 aromatic rings. The van der Waals surface area contributed by atoms with E-state index in [9.17, 15) is 27.6 Å². The molecule has 0 saturated carbocycles. The molecule has 1 aliphatic heterocycles. The van der Waals surface area contributed by atoms with Crippen molar-refractivity contribution >= 4 is 17.6 Å². The van der Waals surface area contributed by atoms with Gasteiger partial charge in [-0.05, 0) is 54.7 Å². The lowest BCUT2D eigenvalue weighted by atomic mass is 10.0.